The van der Waals surface area contributed by atoms with Crippen molar-refractivity contribution in [2.75, 3.05) is 6.54 Å². The Balaban J connectivity index is 1.92. The molecule has 1 unspecified atom stereocenters. The van der Waals surface area contributed by atoms with E-state index >= 15 is 0 Å². The summed E-state index contributed by atoms with van der Waals surface area (Å²) in [6.07, 6.45) is 3.65. The van der Waals surface area contributed by atoms with Gasteiger partial charge in [-0.25, -0.2) is 0 Å². The van der Waals surface area contributed by atoms with E-state index in [0.29, 0.717) is 0 Å². The average Bonchev–Trinajstić information content (AvgIpc) is 2.92. The second-order valence-electron chi connectivity index (χ2n) is 6.08. The molecule has 1 fully saturated rings. The number of carbonyl (C=O) groups excluding carboxylic acids is 2. The summed E-state index contributed by atoms with van der Waals surface area (Å²) >= 11 is 0. The van der Waals surface area contributed by atoms with Gasteiger partial charge in [-0.3, -0.25) is 9.59 Å². The van der Waals surface area contributed by atoms with Gasteiger partial charge in [0.15, 0.2) is 0 Å². The van der Waals surface area contributed by atoms with Crippen LogP contribution in [-0.2, 0) is 9.59 Å². The predicted octanol–water partition coefficient (Wildman–Crippen LogP) is 1.68. The number of nitrogens with one attached hydrogen (secondary N) is 2. The van der Waals surface area contributed by atoms with Crippen LogP contribution in [0, 0.1) is 0 Å². The number of benzene rings is 1. The predicted molar refractivity (Wildman–Crippen MR) is 84.0 cm³/mol. The van der Waals surface area contributed by atoms with E-state index in [-0.39, 0.29) is 30.8 Å². The Morgan fingerprint density at radius 1 is 1.23 bits per heavy atom. The molecule has 0 heterocycles. The minimum Gasteiger partial charge on any atom is -0.388 e. The van der Waals surface area contributed by atoms with E-state index in [1.165, 1.54) is 6.92 Å². The molecule has 1 aliphatic carbocycles. The number of hydrogen-bond acceptors (Lipinski definition) is 3. The van der Waals surface area contributed by atoms with Crippen LogP contribution in [0.25, 0.3) is 0 Å². The van der Waals surface area contributed by atoms with Crippen LogP contribution in [0.2, 0.25) is 0 Å². The number of carbonyl (C=O) groups is 2. The first-order valence-corrected chi connectivity index (χ1v) is 7.80. The molecule has 1 aliphatic rings. The third kappa shape index (κ3) is 4.84. The van der Waals surface area contributed by atoms with Crippen LogP contribution in [0.3, 0.4) is 0 Å². The highest BCUT2D eigenvalue weighted by atomic mass is 16.3. The lowest BCUT2D eigenvalue weighted by atomic mass is 10.0. The fourth-order valence-corrected chi connectivity index (χ4v) is 2.91. The monoisotopic (exact) mass is 304 g/mol. The summed E-state index contributed by atoms with van der Waals surface area (Å²) in [6, 6.07) is 9.07. The van der Waals surface area contributed by atoms with Crippen molar-refractivity contribution in [1.29, 1.82) is 0 Å². The summed E-state index contributed by atoms with van der Waals surface area (Å²) in [5.74, 6) is -0.334. The Labute approximate surface area is 131 Å². The first-order chi connectivity index (χ1) is 10.5. The molecule has 0 bridgehead atoms. The highest BCUT2D eigenvalue weighted by molar-refractivity contribution is 5.79. The first kappa shape index (κ1) is 16.5. The van der Waals surface area contributed by atoms with Crippen molar-refractivity contribution in [3.63, 3.8) is 0 Å². The zero-order valence-electron chi connectivity index (χ0n) is 13.0. The Bertz CT molecular complexity index is 510. The molecule has 5 heteroatoms. The van der Waals surface area contributed by atoms with Crippen molar-refractivity contribution in [1.82, 2.24) is 10.6 Å². The summed E-state index contributed by atoms with van der Waals surface area (Å²) in [5.41, 5.74) is 0.138. The van der Waals surface area contributed by atoms with E-state index in [1.54, 1.807) is 0 Å². The third-order valence-corrected chi connectivity index (χ3v) is 4.12. The van der Waals surface area contributed by atoms with Crippen molar-refractivity contribution in [2.24, 2.45) is 0 Å². The van der Waals surface area contributed by atoms with E-state index in [2.05, 4.69) is 10.6 Å². The average molecular weight is 304 g/mol. The molecule has 120 valence electrons. The lowest BCUT2D eigenvalue weighted by Crippen LogP contribution is -2.42. The molecule has 0 aromatic heterocycles. The lowest BCUT2D eigenvalue weighted by molar-refractivity contribution is -0.123. The number of hydrogen-bond donors (Lipinski definition) is 3. The molecule has 1 saturated carbocycles. The summed E-state index contributed by atoms with van der Waals surface area (Å²) in [4.78, 5) is 23.5. The van der Waals surface area contributed by atoms with E-state index < -0.39 is 5.60 Å². The van der Waals surface area contributed by atoms with Gasteiger partial charge in [0.25, 0.3) is 0 Å². The minimum atomic E-state index is -0.758. The van der Waals surface area contributed by atoms with E-state index in [1.807, 2.05) is 30.3 Å². The van der Waals surface area contributed by atoms with Crippen molar-refractivity contribution < 1.29 is 14.7 Å². The van der Waals surface area contributed by atoms with Crippen molar-refractivity contribution in [3.05, 3.63) is 35.9 Å². The van der Waals surface area contributed by atoms with Crippen molar-refractivity contribution >= 4 is 11.8 Å². The first-order valence-electron chi connectivity index (χ1n) is 7.80. The molecular weight excluding hydrogens is 280 g/mol. The molecule has 0 aliphatic heterocycles. The lowest BCUT2D eigenvalue weighted by Gasteiger charge is -2.23. The molecule has 1 aromatic carbocycles. The van der Waals surface area contributed by atoms with Crippen LogP contribution in [0.15, 0.2) is 30.3 Å². The van der Waals surface area contributed by atoms with Crippen molar-refractivity contribution in [3.8, 4) is 0 Å². The van der Waals surface area contributed by atoms with E-state index in [4.69, 9.17) is 0 Å². The normalized spacial score (nSPS) is 17.7. The summed E-state index contributed by atoms with van der Waals surface area (Å²) in [7, 11) is 0. The highest BCUT2D eigenvalue weighted by Crippen LogP contribution is 2.28. The molecule has 0 saturated heterocycles. The van der Waals surface area contributed by atoms with E-state index in [0.717, 1.165) is 31.2 Å². The van der Waals surface area contributed by atoms with Gasteiger partial charge in [-0.2, -0.15) is 0 Å². The van der Waals surface area contributed by atoms with Gasteiger partial charge in [-0.05, 0) is 18.4 Å². The Hall–Kier alpha value is -1.88. The van der Waals surface area contributed by atoms with Gasteiger partial charge >= 0.3 is 0 Å². The van der Waals surface area contributed by atoms with Crippen LogP contribution in [-0.4, -0.2) is 29.1 Å². The molecule has 0 spiro atoms. The largest absolute Gasteiger partial charge is 0.388 e. The maximum absolute atomic E-state index is 12.1. The van der Waals surface area contributed by atoms with Gasteiger partial charge in [0.1, 0.15) is 0 Å². The number of rotatable bonds is 6. The van der Waals surface area contributed by atoms with Crippen LogP contribution in [0.1, 0.15) is 50.6 Å². The maximum Gasteiger partial charge on any atom is 0.222 e. The number of aliphatic hydroxyl groups is 1. The number of amides is 2. The van der Waals surface area contributed by atoms with Crippen LogP contribution < -0.4 is 10.6 Å². The molecule has 2 amide bonds. The molecule has 1 atom stereocenters. The molecule has 22 heavy (non-hydrogen) atoms. The quantitative estimate of drug-likeness (QED) is 0.748. The topological polar surface area (TPSA) is 78.4 Å². The Morgan fingerprint density at radius 2 is 1.86 bits per heavy atom. The molecule has 0 radical (unpaired) electrons. The third-order valence-electron chi connectivity index (χ3n) is 4.12. The maximum atomic E-state index is 12.1. The van der Waals surface area contributed by atoms with Gasteiger partial charge in [0.2, 0.25) is 11.8 Å². The van der Waals surface area contributed by atoms with Crippen molar-refractivity contribution in [2.45, 2.75) is 50.7 Å². The van der Waals surface area contributed by atoms with Crippen LogP contribution in [0.4, 0.5) is 0 Å². The van der Waals surface area contributed by atoms with Gasteiger partial charge < -0.3 is 15.7 Å². The second kappa shape index (κ2) is 7.40. The van der Waals surface area contributed by atoms with Gasteiger partial charge in [0.05, 0.1) is 18.1 Å². The smallest absolute Gasteiger partial charge is 0.222 e. The Morgan fingerprint density at radius 3 is 2.45 bits per heavy atom. The molecular formula is C17H24N2O3. The zero-order chi connectivity index (χ0) is 16.0. The zero-order valence-corrected chi connectivity index (χ0v) is 13.0. The molecule has 5 nitrogen and oxygen atoms in total. The summed E-state index contributed by atoms with van der Waals surface area (Å²) in [5, 5.41) is 15.9. The van der Waals surface area contributed by atoms with Crippen LogP contribution >= 0.6 is 0 Å². The molecule has 2 rings (SSSR count). The highest BCUT2D eigenvalue weighted by Gasteiger charge is 2.31. The summed E-state index contributed by atoms with van der Waals surface area (Å²) in [6.45, 7) is 1.72. The summed E-state index contributed by atoms with van der Waals surface area (Å²) < 4.78 is 0. The van der Waals surface area contributed by atoms with Gasteiger partial charge in [-0.15, -0.1) is 0 Å². The SMILES string of the molecule is CC(=O)NC(CC(=O)NCC1(O)CCCC1)c1ccccc1. The van der Waals surface area contributed by atoms with E-state index in [9.17, 15) is 14.7 Å². The standard InChI is InChI=1S/C17H24N2O3/c1-13(20)19-15(14-7-3-2-4-8-14)11-16(21)18-12-17(22)9-5-6-10-17/h2-4,7-8,15,22H,5-6,9-12H2,1H3,(H,18,21)(H,19,20). The van der Waals surface area contributed by atoms with Gasteiger partial charge in [0, 0.05) is 13.5 Å². The Kier molecular flexibility index (Phi) is 5.55. The molecule has 3 N–H and O–H groups in total. The fourth-order valence-electron chi connectivity index (χ4n) is 2.91. The molecule has 1 aromatic rings. The minimum absolute atomic E-state index is 0.164. The van der Waals surface area contributed by atoms with Gasteiger partial charge in [-0.1, -0.05) is 43.2 Å². The van der Waals surface area contributed by atoms with Crippen LogP contribution in [0.5, 0.6) is 0 Å². The fraction of sp³-hybridized carbons (Fsp3) is 0.529. The second-order valence-corrected chi connectivity index (χ2v) is 6.08.